The van der Waals surface area contributed by atoms with Crippen molar-refractivity contribution in [3.63, 3.8) is 0 Å². The maximum absolute atomic E-state index is 12.3. The second-order valence-electron chi connectivity index (χ2n) is 5.48. The smallest absolute Gasteiger partial charge is 0.236 e. The lowest BCUT2D eigenvalue weighted by atomic mass is 10.3. The standard InChI is InChI=1S/C17H14BrN5O2S2/c1-2-23-15(11-7-8-13(18)25-11)21-22-17(23)26-9-14(24)20-16-19-10-5-3-4-6-12(10)27-16/h3-8H,2,9H2,1H3,(H,19,20,24). The number of amides is 1. The molecule has 27 heavy (non-hydrogen) atoms. The highest BCUT2D eigenvalue weighted by atomic mass is 79.9. The minimum Gasteiger partial charge on any atom is -0.446 e. The van der Waals surface area contributed by atoms with Crippen LogP contribution in [0.25, 0.3) is 21.8 Å². The summed E-state index contributed by atoms with van der Waals surface area (Å²) in [6, 6.07) is 11.4. The third-order valence-corrected chi connectivity index (χ3v) is 6.04. The molecule has 0 aliphatic rings. The van der Waals surface area contributed by atoms with Crippen LogP contribution in [0, 0.1) is 0 Å². The third-order valence-electron chi connectivity index (χ3n) is 3.70. The largest absolute Gasteiger partial charge is 0.446 e. The molecule has 0 spiro atoms. The molecule has 7 nitrogen and oxygen atoms in total. The molecule has 0 aliphatic carbocycles. The number of benzene rings is 1. The van der Waals surface area contributed by atoms with Gasteiger partial charge in [-0.05, 0) is 47.1 Å². The first-order valence-corrected chi connectivity index (χ1v) is 10.7. The molecule has 1 aromatic carbocycles. The van der Waals surface area contributed by atoms with Crippen LogP contribution in [0.1, 0.15) is 6.92 Å². The lowest BCUT2D eigenvalue weighted by Crippen LogP contribution is -2.14. The van der Waals surface area contributed by atoms with E-state index in [1.54, 1.807) is 0 Å². The highest BCUT2D eigenvalue weighted by Crippen LogP contribution is 2.28. The van der Waals surface area contributed by atoms with E-state index in [1.807, 2.05) is 47.9 Å². The Morgan fingerprint density at radius 2 is 2.15 bits per heavy atom. The van der Waals surface area contributed by atoms with Gasteiger partial charge < -0.3 is 9.73 Å². The zero-order valence-electron chi connectivity index (χ0n) is 14.2. The van der Waals surface area contributed by atoms with Gasteiger partial charge in [0, 0.05) is 6.54 Å². The molecule has 3 aromatic heterocycles. The SMILES string of the molecule is CCn1c(SCC(=O)Nc2nc3ccccc3s2)nnc1-c1ccc(Br)o1. The lowest BCUT2D eigenvalue weighted by molar-refractivity contribution is -0.113. The van der Waals surface area contributed by atoms with Gasteiger partial charge in [-0.25, -0.2) is 4.98 Å². The molecule has 0 unspecified atom stereocenters. The summed E-state index contributed by atoms with van der Waals surface area (Å²) in [4.78, 5) is 16.7. The molecule has 0 fully saturated rings. The summed E-state index contributed by atoms with van der Waals surface area (Å²) in [7, 11) is 0. The van der Waals surface area contributed by atoms with E-state index in [0.717, 1.165) is 10.2 Å². The second kappa shape index (κ2) is 7.83. The van der Waals surface area contributed by atoms with E-state index in [1.165, 1.54) is 23.1 Å². The lowest BCUT2D eigenvalue weighted by Gasteiger charge is -2.05. The molecule has 0 radical (unpaired) electrons. The Labute approximate surface area is 171 Å². The van der Waals surface area contributed by atoms with Crippen LogP contribution in [0.4, 0.5) is 5.13 Å². The zero-order chi connectivity index (χ0) is 18.8. The van der Waals surface area contributed by atoms with Crippen LogP contribution in [-0.2, 0) is 11.3 Å². The van der Waals surface area contributed by atoms with E-state index in [9.17, 15) is 4.79 Å². The van der Waals surface area contributed by atoms with Crippen LogP contribution in [0.15, 0.2) is 50.6 Å². The van der Waals surface area contributed by atoms with Gasteiger partial charge in [-0.3, -0.25) is 9.36 Å². The molecular formula is C17H14BrN5O2S2. The van der Waals surface area contributed by atoms with Crippen molar-refractivity contribution < 1.29 is 9.21 Å². The normalized spacial score (nSPS) is 11.2. The predicted molar refractivity (Wildman–Crippen MR) is 110 cm³/mol. The Bertz CT molecular complexity index is 1070. The molecule has 0 atom stereocenters. The average molecular weight is 464 g/mol. The Balaban J connectivity index is 1.43. The van der Waals surface area contributed by atoms with Gasteiger partial charge in [0.05, 0.1) is 16.0 Å². The number of thiazole rings is 1. The van der Waals surface area contributed by atoms with Crippen molar-refractivity contribution in [3.05, 3.63) is 41.1 Å². The summed E-state index contributed by atoms with van der Waals surface area (Å²) in [6.07, 6.45) is 0. The first kappa shape index (κ1) is 18.2. The number of nitrogens with one attached hydrogen (secondary N) is 1. The minimum absolute atomic E-state index is 0.132. The van der Waals surface area contributed by atoms with Crippen LogP contribution in [0.3, 0.4) is 0 Å². The van der Waals surface area contributed by atoms with Crippen LogP contribution in [0.2, 0.25) is 0 Å². The Kier molecular flexibility index (Phi) is 5.28. The number of rotatable bonds is 6. The van der Waals surface area contributed by atoms with Crippen LogP contribution in [0.5, 0.6) is 0 Å². The number of carbonyl (C=O) groups excluding carboxylic acids is 1. The first-order valence-electron chi connectivity index (χ1n) is 8.11. The number of furan rings is 1. The minimum atomic E-state index is -0.132. The number of hydrogen-bond acceptors (Lipinski definition) is 7. The quantitative estimate of drug-likeness (QED) is 0.418. The van der Waals surface area contributed by atoms with Crippen LogP contribution in [-0.4, -0.2) is 31.4 Å². The van der Waals surface area contributed by atoms with E-state index < -0.39 is 0 Å². The molecule has 1 amide bonds. The summed E-state index contributed by atoms with van der Waals surface area (Å²) in [5.74, 6) is 1.35. The fourth-order valence-corrected chi connectivity index (χ4v) is 4.50. The van der Waals surface area contributed by atoms with Crippen molar-refractivity contribution in [2.24, 2.45) is 0 Å². The predicted octanol–water partition coefficient (Wildman–Crippen LogP) is 4.66. The van der Waals surface area contributed by atoms with Gasteiger partial charge in [0.15, 0.2) is 20.7 Å². The van der Waals surface area contributed by atoms with Crippen LogP contribution < -0.4 is 5.32 Å². The highest BCUT2D eigenvalue weighted by molar-refractivity contribution is 9.10. The number of thioether (sulfide) groups is 1. The third kappa shape index (κ3) is 3.92. The fourth-order valence-electron chi connectivity index (χ4n) is 2.51. The van der Waals surface area contributed by atoms with Crippen molar-refractivity contribution >= 4 is 60.3 Å². The van der Waals surface area contributed by atoms with Crippen molar-refractivity contribution in [1.29, 1.82) is 0 Å². The molecule has 10 heteroatoms. The molecule has 0 saturated heterocycles. The fraction of sp³-hybridized carbons (Fsp3) is 0.176. The molecule has 0 aliphatic heterocycles. The van der Waals surface area contributed by atoms with Crippen LogP contribution >= 0.6 is 39.0 Å². The number of halogens is 1. The van der Waals surface area contributed by atoms with Gasteiger partial charge in [-0.2, -0.15) is 0 Å². The number of aromatic nitrogens is 4. The van der Waals surface area contributed by atoms with E-state index in [-0.39, 0.29) is 11.7 Å². The summed E-state index contributed by atoms with van der Waals surface area (Å²) in [6.45, 7) is 2.67. The average Bonchev–Trinajstić information content (AvgIpc) is 3.36. The summed E-state index contributed by atoms with van der Waals surface area (Å²) >= 11 is 6.07. The first-order chi connectivity index (χ1) is 13.1. The topological polar surface area (TPSA) is 85.8 Å². The molecule has 0 saturated carbocycles. The molecule has 3 heterocycles. The molecule has 0 bridgehead atoms. The van der Waals surface area contributed by atoms with Gasteiger partial charge in [-0.1, -0.05) is 35.2 Å². The molecule has 4 aromatic rings. The van der Waals surface area contributed by atoms with Gasteiger partial charge >= 0.3 is 0 Å². The zero-order valence-corrected chi connectivity index (χ0v) is 17.4. The number of para-hydroxylation sites is 1. The van der Waals surface area contributed by atoms with Gasteiger partial charge in [0.2, 0.25) is 11.7 Å². The Hall–Kier alpha value is -2.17. The van der Waals surface area contributed by atoms with Crippen molar-refractivity contribution in [2.75, 3.05) is 11.1 Å². The molecule has 138 valence electrons. The maximum atomic E-state index is 12.3. The van der Waals surface area contributed by atoms with E-state index >= 15 is 0 Å². The molecule has 4 rings (SSSR count). The highest BCUT2D eigenvalue weighted by Gasteiger charge is 2.17. The molecule has 1 N–H and O–H groups in total. The summed E-state index contributed by atoms with van der Waals surface area (Å²) in [5.41, 5.74) is 0.880. The second-order valence-corrected chi connectivity index (χ2v) is 8.23. The summed E-state index contributed by atoms with van der Waals surface area (Å²) in [5, 5.41) is 12.5. The van der Waals surface area contributed by atoms with Crippen molar-refractivity contribution in [1.82, 2.24) is 19.7 Å². The number of carbonyl (C=O) groups is 1. The number of nitrogens with zero attached hydrogens (tertiary/aromatic N) is 4. The number of hydrogen-bond donors (Lipinski definition) is 1. The monoisotopic (exact) mass is 463 g/mol. The van der Waals surface area contributed by atoms with E-state index in [4.69, 9.17) is 4.42 Å². The summed E-state index contributed by atoms with van der Waals surface area (Å²) < 4.78 is 9.15. The van der Waals surface area contributed by atoms with Gasteiger partial charge in [-0.15, -0.1) is 10.2 Å². The number of fused-ring (bicyclic) bond motifs is 1. The van der Waals surface area contributed by atoms with E-state index in [0.29, 0.717) is 33.1 Å². The van der Waals surface area contributed by atoms with Crippen molar-refractivity contribution in [3.8, 4) is 11.6 Å². The number of anilines is 1. The van der Waals surface area contributed by atoms with Gasteiger partial charge in [0.1, 0.15) is 0 Å². The van der Waals surface area contributed by atoms with Gasteiger partial charge in [0.25, 0.3) is 0 Å². The Morgan fingerprint density at radius 1 is 1.30 bits per heavy atom. The van der Waals surface area contributed by atoms with E-state index in [2.05, 4.69) is 36.4 Å². The van der Waals surface area contributed by atoms with Crippen molar-refractivity contribution in [2.45, 2.75) is 18.6 Å². The Morgan fingerprint density at radius 3 is 2.89 bits per heavy atom. The maximum Gasteiger partial charge on any atom is 0.236 e. The molecular weight excluding hydrogens is 450 g/mol.